The van der Waals surface area contributed by atoms with Crippen molar-refractivity contribution in [3.63, 3.8) is 0 Å². The number of fused-ring (bicyclic) bond motifs is 9. The standard InChI is InChI=1S/C29H33F2N3O6/c1-2-38-15-26(37)33-10-5-11-39-23-9-4-7-20-21-13-34(25(36)12-19-6-3-8-22(30)27(19)31)17-29(21,18-40-28(20)23)16-32-24(35)14-33/h3-4,6-9,21H,2,5,10-18H2,1H3,(H,32,35)/t21-,29+/m0/s1. The Morgan fingerprint density at radius 3 is 2.77 bits per heavy atom. The first-order valence-corrected chi connectivity index (χ1v) is 13.5. The average Bonchev–Trinajstić information content (AvgIpc) is 3.35. The summed E-state index contributed by atoms with van der Waals surface area (Å²) in [5.41, 5.74) is 0.197. The first-order chi connectivity index (χ1) is 19.3. The van der Waals surface area contributed by atoms with Crippen molar-refractivity contribution >= 4 is 17.7 Å². The molecule has 0 aromatic heterocycles. The Bertz CT molecular complexity index is 1290. The maximum absolute atomic E-state index is 14.3. The number of nitrogens with one attached hydrogen (secondary N) is 1. The minimum absolute atomic E-state index is 0.00948. The summed E-state index contributed by atoms with van der Waals surface area (Å²) in [6.45, 7) is 3.56. The third kappa shape index (κ3) is 5.60. The van der Waals surface area contributed by atoms with E-state index in [1.54, 1.807) is 11.8 Å². The molecule has 2 atom stereocenters. The van der Waals surface area contributed by atoms with E-state index in [1.807, 2.05) is 18.2 Å². The van der Waals surface area contributed by atoms with Gasteiger partial charge in [0.25, 0.3) is 0 Å². The van der Waals surface area contributed by atoms with E-state index < -0.39 is 17.0 Å². The fraction of sp³-hybridized carbons (Fsp3) is 0.483. The third-order valence-electron chi connectivity index (χ3n) is 7.85. The Kier molecular flexibility index (Phi) is 8.20. The number of ether oxygens (including phenoxy) is 3. The zero-order valence-corrected chi connectivity index (χ0v) is 22.4. The molecule has 4 aliphatic rings. The summed E-state index contributed by atoms with van der Waals surface area (Å²) < 4.78 is 45.6. The summed E-state index contributed by atoms with van der Waals surface area (Å²) in [7, 11) is 0. The number of benzene rings is 2. The number of amides is 3. The molecule has 1 spiro atoms. The zero-order valence-electron chi connectivity index (χ0n) is 22.4. The van der Waals surface area contributed by atoms with E-state index in [4.69, 9.17) is 14.2 Å². The lowest BCUT2D eigenvalue weighted by molar-refractivity contribution is -0.140. The van der Waals surface area contributed by atoms with E-state index in [9.17, 15) is 23.2 Å². The predicted molar refractivity (Wildman–Crippen MR) is 140 cm³/mol. The van der Waals surface area contributed by atoms with Crippen LogP contribution in [0.1, 0.15) is 30.4 Å². The van der Waals surface area contributed by atoms with Gasteiger partial charge in [0.2, 0.25) is 17.7 Å². The van der Waals surface area contributed by atoms with Gasteiger partial charge in [0.1, 0.15) is 6.61 Å². The molecular weight excluding hydrogens is 524 g/mol. The molecule has 1 saturated heterocycles. The van der Waals surface area contributed by atoms with Gasteiger partial charge in [-0.1, -0.05) is 24.3 Å². The van der Waals surface area contributed by atoms with Gasteiger partial charge in [-0.15, -0.1) is 0 Å². The van der Waals surface area contributed by atoms with Crippen molar-refractivity contribution in [3.8, 4) is 11.5 Å². The SMILES string of the molecule is CCOCC(=O)N1CCCOc2cccc3c2OC[C@@]2(CNC(=O)C1)CN(C(=O)Cc1cccc(F)c1F)C[C@@H]32. The second kappa shape index (κ2) is 11.8. The lowest BCUT2D eigenvalue weighted by Crippen LogP contribution is -2.51. The van der Waals surface area contributed by atoms with Crippen LogP contribution in [0.5, 0.6) is 11.5 Å². The van der Waals surface area contributed by atoms with Crippen molar-refractivity contribution in [2.75, 3.05) is 59.2 Å². The number of para-hydroxylation sites is 1. The highest BCUT2D eigenvalue weighted by atomic mass is 19.2. The van der Waals surface area contributed by atoms with Gasteiger partial charge in [-0.05, 0) is 25.5 Å². The Morgan fingerprint density at radius 2 is 1.95 bits per heavy atom. The molecule has 1 N–H and O–H groups in total. The van der Waals surface area contributed by atoms with Crippen LogP contribution in [-0.2, 0) is 25.5 Å². The number of nitrogens with zero attached hydrogens (tertiary/aromatic N) is 2. The van der Waals surface area contributed by atoms with Crippen molar-refractivity contribution in [1.29, 1.82) is 0 Å². The summed E-state index contributed by atoms with van der Waals surface area (Å²) in [5.74, 6) is -2.00. The normalized spacial score (nSPS) is 22.6. The first-order valence-electron chi connectivity index (χ1n) is 13.5. The van der Waals surface area contributed by atoms with E-state index >= 15 is 0 Å². The number of carbonyl (C=O) groups excluding carboxylic acids is 3. The molecule has 9 nitrogen and oxygen atoms in total. The Labute approximate surface area is 231 Å². The van der Waals surface area contributed by atoms with Crippen LogP contribution in [-0.4, -0.2) is 86.7 Å². The number of hydrogen-bond donors (Lipinski definition) is 1. The second-order valence-corrected chi connectivity index (χ2v) is 10.5. The van der Waals surface area contributed by atoms with Crippen LogP contribution >= 0.6 is 0 Å². The average molecular weight is 558 g/mol. The van der Waals surface area contributed by atoms with Crippen LogP contribution in [0.25, 0.3) is 0 Å². The highest BCUT2D eigenvalue weighted by Gasteiger charge is 2.53. The van der Waals surface area contributed by atoms with Gasteiger partial charge in [-0.3, -0.25) is 14.4 Å². The molecule has 11 heteroatoms. The van der Waals surface area contributed by atoms with E-state index in [1.165, 1.54) is 17.0 Å². The summed E-state index contributed by atoms with van der Waals surface area (Å²) in [6.07, 6.45) is 0.216. The Hall–Kier alpha value is -3.73. The number of likely N-dealkylation sites (tertiary alicyclic amines) is 1. The van der Waals surface area contributed by atoms with Crippen LogP contribution < -0.4 is 14.8 Å². The summed E-state index contributed by atoms with van der Waals surface area (Å²) in [6, 6.07) is 9.41. The van der Waals surface area contributed by atoms with E-state index in [0.717, 1.165) is 11.6 Å². The van der Waals surface area contributed by atoms with Gasteiger partial charge in [-0.2, -0.15) is 0 Å². The minimum Gasteiger partial charge on any atom is -0.490 e. The van der Waals surface area contributed by atoms with Gasteiger partial charge in [0, 0.05) is 55.2 Å². The van der Waals surface area contributed by atoms with Crippen LogP contribution in [0.4, 0.5) is 8.78 Å². The number of halogens is 2. The van der Waals surface area contributed by atoms with Gasteiger partial charge >= 0.3 is 0 Å². The molecular formula is C29H33F2N3O6. The molecule has 4 bridgehead atoms. The molecule has 3 amide bonds. The van der Waals surface area contributed by atoms with Crippen molar-refractivity contribution < 1.29 is 37.4 Å². The minimum atomic E-state index is -1.03. The largest absolute Gasteiger partial charge is 0.490 e. The van der Waals surface area contributed by atoms with Crippen LogP contribution in [0.3, 0.4) is 0 Å². The summed E-state index contributed by atoms with van der Waals surface area (Å²) >= 11 is 0. The Morgan fingerprint density at radius 1 is 1.12 bits per heavy atom. The molecule has 2 aromatic carbocycles. The monoisotopic (exact) mass is 557 g/mol. The number of hydrogen-bond acceptors (Lipinski definition) is 6. The molecule has 2 aromatic rings. The van der Waals surface area contributed by atoms with Crippen molar-refractivity contribution in [2.45, 2.75) is 25.7 Å². The van der Waals surface area contributed by atoms with Gasteiger partial charge < -0.3 is 29.3 Å². The fourth-order valence-corrected chi connectivity index (χ4v) is 5.73. The highest BCUT2D eigenvalue weighted by molar-refractivity contribution is 5.85. The fourth-order valence-electron chi connectivity index (χ4n) is 5.73. The van der Waals surface area contributed by atoms with Gasteiger partial charge in [0.05, 0.1) is 26.2 Å². The zero-order chi connectivity index (χ0) is 28.3. The molecule has 4 heterocycles. The second-order valence-electron chi connectivity index (χ2n) is 10.5. The molecule has 1 fully saturated rings. The summed E-state index contributed by atoms with van der Waals surface area (Å²) in [5, 5.41) is 2.97. The van der Waals surface area contributed by atoms with E-state index in [-0.39, 0.29) is 68.5 Å². The highest BCUT2D eigenvalue weighted by Crippen LogP contribution is 2.52. The lowest BCUT2D eigenvalue weighted by atomic mass is 9.73. The predicted octanol–water partition coefficient (Wildman–Crippen LogP) is 2.28. The maximum Gasteiger partial charge on any atom is 0.249 e. The first kappa shape index (κ1) is 27.8. The molecule has 0 aliphatic carbocycles. The maximum atomic E-state index is 14.3. The van der Waals surface area contributed by atoms with E-state index in [0.29, 0.717) is 44.2 Å². The molecule has 0 unspecified atom stereocenters. The van der Waals surface area contributed by atoms with Gasteiger partial charge in [-0.25, -0.2) is 8.78 Å². The Balaban J connectivity index is 1.41. The topological polar surface area (TPSA) is 97.4 Å². The molecule has 4 aliphatic heterocycles. The van der Waals surface area contributed by atoms with Crippen molar-refractivity contribution in [2.24, 2.45) is 5.41 Å². The molecule has 0 radical (unpaired) electrons. The van der Waals surface area contributed by atoms with Crippen LogP contribution in [0.15, 0.2) is 36.4 Å². The summed E-state index contributed by atoms with van der Waals surface area (Å²) in [4.78, 5) is 42.1. The molecule has 214 valence electrons. The van der Waals surface area contributed by atoms with Crippen molar-refractivity contribution in [3.05, 3.63) is 59.2 Å². The molecule has 6 rings (SSSR count). The third-order valence-corrected chi connectivity index (χ3v) is 7.85. The number of rotatable bonds is 5. The molecule has 0 saturated carbocycles. The lowest BCUT2D eigenvalue weighted by Gasteiger charge is -2.40. The van der Waals surface area contributed by atoms with Crippen molar-refractivity contribution in [1.82, 2.24) is 15.1 Å². The quantitative estimate of drug-likeness (QED) is 0.606. The molecule has 40 heavy (non-hydrogen) atoms. The number of carbonyl (C=O) groups is 3. The van der Waals surface area contributed by atoms with E-state index in [2.05, 4.69) is 5.32 Å². The van der Waals surface area contributed by atoms with Crippen LogP contribution in [0, 0.1) is 17.0 Å². The smallest absolute Gasteiger partial charge is 0.249 e. The van der Waals surface area contributed by atoms with Crippen LogP contribution in [0.2, 0.25) is 0 Å². The van der Waals surface area contributed by atoms with Gasteiger partial charge in [0.15, 0.2) is 23.1 Å².